The van der Waals surface area contributed by atoms with Gasteiger partial charge >= 0.3 is 12.0 Å². The van der Waals surface area contributed by atoms with Crippen molar-refractivity contribution >= 4 is 12.0 Å². The highest BCUT2D eigenvalue weighted by atomic mass is 16.5. The van der Waals surface area contributed by atoms with Gasteiger partial charge in [-0.25, -0.2) is 4.79 Å². The number of benzene rings is 1. The number of hydrogen-bond donors (Lipinski definition) is 2. The highest BCUT2D eigenvalue weighted by Crippen LogP contribution is 2.14. The SMILES string of the molecule is COC1CCCN(C(=O)NC(CCC(=O)O)Cc2ccccc2)C1. The van der Waals surface area contributed by atoms with Crippen LogP contribution in [0, 0.1) is 0 Å². The quantitative estimate of drug-likeness (QED) is 0.802. The van der Waals surface area contributed by atoms with Crippen LogP contribution < -0.4 is 5.32 Å². The first kappa shape index (κ1) is 18.3. The lowest BCUT2D eigenvalue weighted by Crippen LogP contribution is -2.50. The van der Waals surface area contributed by atoms with Gasteiger partial charge in [0.1, 0.15) is 0 Å². The van der Waals surface area contributed by atoms with E-state index in [2.05, 4.69) is 5.32 Å². The summed E-state index contributed by atoms with van der Waals surface area (Å²) in [5.41, 5.74) is 1.08. The number of carbonyl (C=O) groups excluding carboxylic acids is 1. The van der Waals surface area contributed by atoms with Gasteiger partial charge in [-0.1, -0.05) is 30.3 Å². The number of nitrogens with one attached hydrogen (secondary N) is 1. The van der Waals surface area contributed by atoms with E-state index in [0.717, 1.165) is 18.4 Å². The number of likely N-dealkylation sites (tertiary alicyclic amines) is 1. The van der Waals surface area contributed by atoms with Crippen LogP contribution >= 0.6 is 0 Å². The van der Waals surface area contributed by atoms with Crippen LogP contribution in [0.25, 0.3) is 0 Å². The molecule has 1 saturated heterocycles. The summed E-state index contributed by atoms with van der Waals surface area (Å²) >= 11 is 0. The predicted molar refractivity (Wildman–Crippen MR) is 90.9 cm³/mol. The van der Waals surface area contributed by atoms with Crippen LogP contribution in [-0.2, 0) is 16.0 Å². The molecule has 6 nitrogen and oxygen atoms in total. The number of ether oxygens (including phenoxy) is 1. The fourth-order valence-electron chi connectivity index (χ4n) is 3.00. The topological polar surface area (TPSA) is 78.9 Å². The number of carboxylic acid groups (broad SMARTS) is 1. The molecule has 1 fully saturated rings. The summed E-state index contributed by atoms with van der Waals surface area (Å²) in [6, 6.07) is 9.47. The van der Waals surface area contributed by atoms with Crippen LogP contribution in [-0.4, -0.2) is 54.4 Å². The van der Waals surface area contributed by atoms with Gasteiger partial charge in [-0.05, 0) is 31.2 Å². The van der Waals surface area contributed by atoms with E-state index in [1.54, 1.807) is 12.0 Å². The zero-order valence-corrected chi connectivity index (χ0v) is 14.1. The lowest BCUT2D eigenvalue weighted by Gasteiger charge is -2.33. The Kier molecular flexibility index (Phi) is 7.06. The van der Waals surface area contributed by atoms with Crippen LogP contribution in [0.1, 0.15) is 31.2 Å². The maximum Gasteiger partial charge on any atom is 0.317 e. The molecule has 6 heteroatoms. The number of urea groups is 1. The first-order chi connectivity index (χ1) is 11.6. The molecule has 2 amide bonds. The second-order valence-electron chi connectivity index (χ2n) is 6.21. The third-order valence-electron chi connectivity index (χ3n) is 4.36. The zero-order chi connectivity index (χ0) is 17.4. The molecule has 2 N–H and O–H groups in total. The Morgan fingerprint density at radius 1 is 1.38 bits per heavy atom. The molecule has 2 rings (SSSR count). The summed E-state index contributed by atoms with van der Waals surface area (Å²) < 4.78 is 5.35. The van der Waals surface area contributed by atoms with E-state index in [1.165, 1.54) is 0 Å². The van der Waals surface area contributed by atoms with E-state index < -0.39 is 5.97 Å². The minimum absolute atomic E-state index is 0.0402. The molecule has 1 heterocycles. The standard InChI is InChI=1S/C18H26N2O4/c1-24-16-8-5-11-20(13-16)18(23)19-15(9-10-17(21)22)12-14-6-3-2-4-7-14/h2-4,6-7,15-16H,5,8-13H2,1H3,(H,19,23)(H,21,22). The van der Waals surface area contributed by atoms with Crippen molar-refractivity contribution in [3.05, 3.63) is 35.9 Å². The van der Waals surface area contributed by atoms with Gasteiger partial charge < -0.3 is 20.1 Å². The molecule has 2 unspecified atom stereocenters. The number of aliphatic carboxylic acids is 1. The normalized spacial score (nSPS) is 18.9. The van der Waals surface area contributed by atoms with Crippen LogP contribution in [0.3, 0.4) is 0 Å². The van der Waals surface area contributed by atoms with Gasteiger partial charge in [-0.3, -0.25) is 4.79 Å². The lowest BCUT2D eigenvalue weighted by molar-refractivity contribution is -0.137. The van der Waals surface area contributed by atoms with Gasteiger partial charge in [0.2, 0.25) is 0 Å². The van der Waals surface area contributed by atoms with E-state index >= 15 is 0 Å². The number of piperidine rings is 1. The summed E-state index contributed by atoms with van der Waals surface area (Å²) in [6.07, 6.45) is 3.05. The van der Waals surface area contributed by atoms with Crippen molar-refractivity contribution in [3.8, 4) is 0 Å². The summed E-state index contributed by atoms with van der Waals surface area (Å²) in [5.74, 6) is -0.847. The highest BCUT2D eigenvalue weighted by molar-refractivity contribution is 5.75. The van der Waals surface area contributed by atoms with E-state index in [9.17, 15) is 9.59 Å². The predicted octanol–water partition coefficient (Wildman–Crippen LogP) is 2.28. The van der Waals surface area contributed by atoms with E-state index in [1.807, 2.05) is 30.3 Å². The third-order valence-corrected chi connectivity index (χ3v) is 4.36. The maximum atomic E-state index is 12.5. The molecule has 0 aromatic heterocycles. The smallest absolute Gasteiger partial charge is 0.317 e. The molecular formula is C18H26N2O4. The van der Waals surface area contributed by atoms with Crippen LogP contribution in [0.15, 0.2) is 30.3 Å². The summed E-state index contributed by atoms with van der Waals surface area (Å²) in [4.78, 5) is 25.2. The number of rotatable bonds is 7. The Bertz CT molecular complexity index is 535. The average Bonchev–Trinajstić information content (AvgIpc) is 2.60. The number of nitrogens with zero attached hydrogens (tertiary/aromatic N) is 1. The van der Waals surface area contributed by atoms with Crippen molar-refractivity contribution in [3.63, 3.8) is 0 Å². The van der Waals surface area contributed by atoms with Crippen molar-refractivity contribution in [1.29, 1.82) is 0 Å². The monoisotopic (exact) mass is 334 g/mol. The average molecular weight is 334 g/mol. The van der Waals surface area contributed by atoms with Gasteiger partial charge in [0.05, 0.1) is 6.10 Å². The van der Waals surface area contributed by atoms with Crippen LogP contribution in [0.2, 0.25) is 0 Å². The molecule has 2 atom stereocenters. The molecule has 24 heavy (non-hydrogen) atoms. The van der Waals surface area contributed by atoms with E-state index in [0.29, 0.717) is 25.9 Å². The Morgan fingerprint density at radius 2 is 2.12 bits per heavy atom. The molecule has 0 saturated carbocycles. The number of carbonyl (C=O) groups is 2. The summed E-state index contributed by atoms with van der Waals surface area (Å²) in [7, 11) is 1.66. The molecule has 0 aliphatic carbocycles. The highest BCUT2D eigenvalue weighted by Gasteiger charge is 2.25. The minimum atomic E-state index is -0.847. The Morgan fingerprint density at radius 3 is 2.79 bits per heavy atom. The fourth-order valence-corrected chi connectivity index (χ4v) is 3.00. The second kappa shape index (κ2) is 9.27. The Labute approximate surface area is 142 Å². The first-order valence-electron chi connectivity index (χ1n) is 8.42. The molecule has 0 radical (unpaired) electrons. The molecule has 0 bridgehead atoms. The van der Waals surface area contributed by atoms with Crippen molar-refractivity contribution in [2.75, 3.05) is 20.2 Å². The molecule has 0 spiro atoms. The van der Waals surface area contributed by atoms with E-state index in [-0.39, 0.29) is 24.6 Å². The summed E-state index contributed by atoms with van der Waals surface area (Å²) in [6.45, 7) is 1.29. The number of hydrogen-bond acceptors (Lipinski definition) is 3. The fraction of sp³-hybridized carbons (Fsp3) is 0.556. The van der Waals surface area contributed by atoms with Crippen LogP contribution in [0.4, 0.5) is 4.79 Å². The Hall–Kier alpha value is -2.08. The lowest BCUT2D eigenvalue weighted by atomic mass is 10.0. The van der Waals surface area contributed by atoms with Crippen molar-refractivity contribution in [1.82, 2.24) is 10.2 Å². The van der Waals surface area contributed by atoms with Crippen molar-refractivity contribution in [2.45, 2.75) is 44.2 Å². The van der Waals surface area contributed by atoms with Crippen molar-refractivity contribution < 1.29 is 19.4 Å². The van der Waals surface area contributed by atoms with Crippen molar-refractivity contribution in [2.24, 2.45) is 0 Å². The molecule has 1 aliphatic rings. The van der Waals surface area contributed by atoms with Gasteiger partial charge in [-0.2, -0.15) is 0 Å². The summed E-state index contributed by atoms with van der Waals surface area (Å²) in [5, 5.41) is 11.9. The number of methoxy groups -OCH3 is 1. The van der Waals surface area contributed by atoms with Gasteiger partial charge in [0.15, 0.2) is 0 Å². The minimum Gasteiger partial charge on any atom is -0.481 e. The molecule has 132 valence electrons. The largest absolute Gasteiger partial charge is 0.481 e. The molecule has 1 aromatic rings. The molecule has 1 aromatic carbocycles. The number of amides is 2. The van der Waals surface area contributed by atoms with E-state index in [4.69, 9.17) is 9.84 Å². The van der Waals surface area contributed by atoms with Crippen LogP contribution in [0.5, 0.6) is 0 Å². The third kappa shape index (κ3) is 5.85. The number of carboxylic acids is 1. The Balaban J connectivity index is 1.95. The second-order valence-corrected chi connectivity index (χ2v) is 6.21. The maximum absolute atomic E-state index is 12.5. The van der Waals surface area contributed by atoms with Gasteiger partial charge in [-0.15, -0.1) is 0 Å². The van der Waals surface area contributed by atoms with Gasteiger partial charge in [0, 0.05) is 32.7 Å². The van der Waals surface area contributed by atoms with Gasteiger partial charge in [0.25, 0.3) is 0 Å². The molecule has 1 aliphatic heterocycles. The zero-order valence-electron chi connectivity index (χ0n) is 14.1. The first-order valence-corrected chi connectivity index (χ1v) is 8.42. The molecular weight excluding hydrogens is 308 g/mol.